The summed E-state index contributed by atoms with van der Waals surface area (Å²) in [5, 5.41) is 10.5. The van der Waals surface area contributed by atoms with Gasteiger partial charge in [-0.25, -0.2) is 0 Å². The molecule has 1 aromatic heterocycles. The van der Waals surface area contributed by atoms with Crippen LogP contribution in [0, 0.1) is 0 Å². The summed E-state index contributed by atoms with van der Waals surface area (Å²) in [7, 11) is 0. The molecule has 0 spiro atoms. The van der Waals surface area contributed by atoms with Crippen molar-refractivity contribution in [1.82, 2.24) is 25.3 Å². The number of nitrogens with one attached hydrogen (secondary N) is 2. The number of nitrogens with zero attached hydrogens (tertiary/aromatic N) is 3. The molecule has 2 aliphatic heterocycles. The standard InChI is InChI=1S/C16H25N5O3.ClH/c22-14(20-10-12-24-13-11-20)2-6-18-15(23)16(3-7-17-8-4-16)21-9-1-5-19-21;/h1,5,9,17H,2-4,6-8,10-13H2,(H,18,23);1H. The van der Waals surface area contributed by atoms with Gasteiger partial charge in [0.05, 0.1) is 13.2 Å². The summed E-state index contributed by atoms with van der Waals surface area (Å²) in [6, 6.07) is 1.83. The Hall–Kier alpha value is -1.64. The van der Waals surface area contributed by atoms with Gasteiger partial charge in [0.1, 0.15) is 5.54 Å². The first-order valence-electron chi connectivity index (χ1n) is 8.57. The normalized spacial score (nSPS) is 19.8. The Morgan fingerprint density at radius 3 is 2.60 bits per heavy atom. The molecule has 2 amide bonds. The van der Waals surface area contributed by atoms with Crippen LogP contribution in [0.4, 0.5) is 0 Å². The molecule has 2 saturated heterocycles. The number of aromatic nitrogens is 2. The SMILES string of the molecule is Cl.O=C(CCNC(=O)C1(n2cccn2)CCNCC1)N1CCOCC1. The molecule has 3 heterocycles. The maximum atomic E-state index is 12.8. The van der Waals surface area contributed by atoms with Gasteiger partial charge in [0.25, 0.3) is 0 Å². The zero-order valence-corrected chi connectivity index (χ0v) is 15.1. The molecule has 9 heteroatoms. The Bertz CT molecular complexity index is 554. The summed E-state index contributed by atoms with van der Waals surface area (Å²) in [5.41, 5.74) is -0.656. The lowest BCUT2D eigenvalue weighted by Crippen LogP contribution is -2.55. The molecular weight excluding hydrogens is 346 g/mol. The Morgan fingerprint density at radius 2 is 1.96 bits per heavy atom. The van der Waals surface area contributed by atoms with Crippen LogP contribution < -0.4 is 10.6 Å². The lowest BCUT2D eigenvalue weighted by Gasteiger charge is -2.36. The zero-order chi connectivity index (χ0) is 16.8. The van der Waals surface area contributed by atoms with E-state index >= 15 is 0 Å². The fourth-order valence-corrected chi connectivity index (χ4v) is 3.34. The predicted molar refractivity (Wildman–Crippen MR) is 94.6 cm³/mol. The third-order valence-corrected chi connectivity index (χ3v) is 4.78. The van der Waals surface area contributed by atoms with Crippen molar-refractivity contribution in [2.45, 2.75) is 24.8 Å². The van der Waals surface area contributed by atoms with Gasteiger partial charge in [-0.05, 0) is 32.0 Å². The number of carbonyl (C=O) groups is 2. The third-order valence-electron chi connectivity index (χ3n) is 4.78. The van der Waals surface area contributed by atoms with E-state index in [1.807, 2.05) is 12.3 Å². The van der Waals surface area contributed by atoms with Gasteiger partial charge >= 0.3 is 0 Å². The fourth-order valence-electron chi connectivity index (χ4n) is 3.34. The van der Waals surface area contributed by atoms with Crippen LogP contribution in [0.2, 0.25) is 0 Å². The minimum Gasteiger partial charge on any atom is -0.378 e. The van der Waals surface area contributed by atoms with Gasteiger partial charge in [0.15, 0.2) is 0 Å². The van der Waals surface area contributed by atoms with Gasteiger partial charge in [-0.3, -0.25) is 14.3 Å². The molecule has 3 rings (SSSR count). The number of carbonyl (C=O) groups excluding carboxylic acids is 2. The molecular formula is C16H26ClN5O3. The number of ether oxygens (including phenoxy) is 1. The largest absolute Gasteiger partial charge is 0.378 e. The van der Waals surface area contributed by atoms with Crippen molar-refractivity contribution in [2.24, 2.45) is 0 Å². The molecule has 2 aliphatic rings. The fraction of sp³-hybridized carbons (Fsp3) is 0.688. The first kappa shape index (κ1) is 19.7. The molecule has 8 nitrogen and oxygen atoms in total. The van der Waals surface area contributed by atoms with E-state index in [9.17, 15) is 9.59 Å². The molecule has 0 saturated carbocycles. The second-order valence-corrected chi connectivity index (χ2v) is 6.23. The van der Waals surface area contributed by atoms with Gasteiger partial charge in [-0.15, -0.1) is 12.4 Å². The van der Waals surface area contributed by atoms with E-state index in [1.165, 1.54) is 0 Å². The van der Waals surface area contributed by atoms with E-state index < -0.39 is 5.54 Å². The Kier molecular flexibility index (Phi) is 7.22. The number of morpholine rings is 1. The van der Waals surface area contributed by atoms with E-state index in [1.54, 1.807) is 15.8 Å². The predicted octanol–water partition coefficient (Wildman–Crippen LogP) is -0.251. The molecule has 140 valence electrons. The quantitative estimate of drug-likeness (QED) is 0.745. The van der Waals surface area contributed by atoms with Crippen molar-refractivity contribution < 1.29 is 14.3 Å². The summed E-state index contributed by atoms with van der Waals surface area (Å²) in [4.78, 5) is 26.8. The lowest BCUT2D eigenvalue weighted by atomic mass is 9.87. The molecule has 2 fully saturated rings. The van der Waals surface area contributed by atoms with E-state index in [2.05, 4.69) is 15.7 Å². The van der Waals surface area contributed by atoms with Crippen molar-refractivity contribution in [3.63, 3.8) is 0 Å². The van der Waals surface area contributed by atoms with Crippen LogP contribution in [0.5, 0.6) is 0 Å². The van der Waals surface area contributed by atoms with Crippen LogP contribution in [-0.4, -0.2) is 72.4 Å². The molecule has 0 atom stereocenters. The maximum absolute atomic E-state index is 12.8. The second-order valence-electron chi connectivity index (χ2n) is 6.23. The van der Waals surface area contributed by atoms with Crippen LogP contribution in [-0.2, 0) is 19.9 Å². The lowest BCUT2D eigenvalue weighted by molar-refractivity contribution is -0.135. The highest BCUT2D eigenvalue weighted by Gasteiger charge is 2.41. The number of halogens is 1. The maximum Gasteiger partial charge on any atom is 0.248 e. The van der Waals surface area contributed by atoms with Gasteiger partial charge in [-0.1, -0.05) is 0 Å². The van der Waals surface area contributed by atoms with E-state index in [4.69, 9.17) is 4.74 Å². The molecule has 0 unspecified atom stereocenters. The number of piperidine rings is 1. The van der Waals surface area contributed by atoms with Crippen molar-refractivity contribution in [1.29, 1.82) is 0 Å². The molecule has 2 N–H and O–H groups in total. The van der Waals surface area contributed by atoms with E-state index in [0.717, 1.165) is 13.1 Å². The van der Waals surface area contributed by atoms with E-state index in [-0.39, 0.29) is 24.2 Å². The van der Waals surface area contributed by atoms with Gasteiger partial charge < -0.3 is 20.3 Å². The van der Waals surface area contributed by atoms with Crippen LogP contribution in [0.1, 0.15) is 19.3 Å². The topological polar surface area (TPSA) is 88.5 Å². The molecule has 1 aromatic rings. The van der Waals surface area contributed by atoms with Crippen molar-refractivity contribution >= 4 is 24.2 Å². The summed E-state index contributed by atoms with van der Waals surface area (Å²) < 4.78 is 7.00. The first-order valence-corrected chi connectivity index (χ1v) is 8.57. The van der Waals surface area contributed by atoms with Crippen molar-refractivity contribution in [2.75, 3.05) is 45.9 Å². The average Bonchev–Trinajstić information content (AvgIpc) is 3.18. The highest BCUT2D eigenvalue weighted by molar-refractivity contribution is 5.85. The minimum absolute atomic E-state index is 0. The minimum atomic E-state index is -0.656. The van der Waals surface area contributed by atoms with Gasteiger partial charge in [0.2, 0.25) is 11.8 Å². The number of amides is 2. The summed E-state index contributed by atoms with van der Waals surface area (Å²) >= 11 is 0. The molecule has 0 bridgehead atoms. The van der Waals surface area contributed by atoms with Crippen LogP contribution in [0.3, 0.4) is 0 Å². The summed E-state index contributed by atoms with van der Waals surface area (Å²) in [6.45, 7) is 4.36. The highest BCUT2D eigenvalue weighted by Crippen LogP contribution is 2.27. The zero-order valence-electron chi connectivity index (χ0n) is 14.3. The Balaban J connectivity index is 0.00000225. The van der Waals surface area contributed by atoms with Crippen LogP contribution in [0.15, 0.2) is 18.5 Å². The number of hydrogen-bond acceptors (Lipinski definition) is 5. The monoisotopic (exact) mass is 371 g/mol. The Morgan fingerprint density at radius 1 is 1.24 bits per heavy atom. The molecule has 0 aliphatic carbocycles. The Labute approximate surface area is 153 Å². The van der Waals surface area contributed by atoms with Crippen LogP contribution in [0.25, 0.3) is 0 Å². The number of rotatable bonds is 5. The molecule has 0 radical (unpaired) electrons. The third kappa shape index (κ3) is 4.50. The summed E-state index contributed by atoms with van der Waals surface area (Å²) in [6.07, 6.45) is 5.23. The van der Waals surface area contributed by atoms with Crippen LogP contribution >= 0.6 is 12.4 Å². The van der Waals surface area contributed by atoms with E-state index in [0.29, 0.717) is 52.1 Å². The van der Waals surface area contributed by atoms with Crippen molar-refractivity contribution in [3.8, 4) is 0 Å². The summed E-state index contributed by atoms with van der Waals surface area (Å²) in [5.74, 6) is 0.0135. The first-order chi connectivity index (χ1) is 11.7. The smallest absolute Gasteiger partial charge is 0.248 e. The average molecular weight is 372 g/mol. The van der Waals surface area contributed by atoms with Crippen molar-refractivity contribution in [3.05, 3.63) is 18.5 Å². The second kappa shape index (κ2) is 9.17. The highest BCUT2D eigenvalue weighted by atomic mass is 35.5. The van der Waals surface area contributed by atoms with Gasteiger partial charge in [0, 0.05) is 38.4 Å². The molecule has 0 aromatic carbocycles. The number of hydrogen-bond donors (Lipinski definition) is 2. The van der Waals surface area contributed by atoms with Gasteiger partial charge in [-0.2, -0.15) is 5.10 Å². The molecule has 25 heavy (non-hydrogen) atoms.